The molecule has 0 spiro atoms. The van der Waals surface area contributed by atoms with Gasteiger partial charge in [-0.2, -0.15) is 21.6 Å². The van der Waals surface area contributed by atoms with E-state index in [0.29, 0.717) is 19.3 Å². The second-order valence-electron chi connectivity index (χ2n) is 5.20. The van der Waals surface area contributed by atoms with Crippen LogP contribution >= 0.6 is 0 Å². The van der Waals surface area contributed by atoms with Crippen molar-refractivity contribution in [3.8, 4) is 5.75 Å². The van der Waals surface area contributed by atoms with Crippen LogP contribution in [0.15, 0.2) is 30.9 Å². The maximum Gasteiger partial charge on any atom is 0.534 e. The maximum atomic E-state index is 12.4. The molecule has 0 aliphatic rings. The van der Waals surface area contributed by atoms with Gasteiger partial charge in [0.2, 0.25) is 0 Å². The summed E-state index contributed by atoms with van der Waals surface area (Å²) in [7, 11) is -4.42. The van der Waals surface area contributed by atoms with Gasteiger partial charge in [0.1, 0.15) is 5.75 Å². The van der Waals surface area contributed by atoms with Crippen LogP contribution in [-0.4, -0.2) is 27.0 Å². The van der Waals surface area contributed by atoms with Gasteiger partial charge < -0.3 is 8.92 Å². The van der Waals surface area contributed by atoms with Crippen molar-refractivity contribution in [3.05, 3.63) is 42.0 Å². The average Bonchev–Trinajstić information content (AvgIpc) is 2.52. The van der Waals surface area contributed by atoms with Crippen molar-refractivity contribution < 1.29 is 35.3 Å². The summed E-state index contributed by atoms with van der Waals surface area (Å²) < 4.78 is 68.4. The predicted molar refractivity (Wildman–Crippen MR) is 85.5 cm³/mol. The lowest BCUT2D eigenvalue weighted by Crippen LogP contribution is -2.28. The lowest BCUT2D eigenvalue weighted by atomic mass is 10.0. The zero-order chi connectivity index (χ0) is 19.1. The molecule has 0 aromatic heterocycles. The first-order chi connectivity index (χ1) is 11.6. The number of hydrogen-bond donors (Lipinski definition) is 0. The molecule has 0 fully saturated rings. The van der Waals surface area contributed by atoms with Crippen LogP contribution in [-0.2, 0) is 32.5 Å². The summed E-state index contributed by atoms with van der Waals surface area (Å²) in [5.74, 6) is -0.691. The Hall–Kier alpha value is -2.03. The van der Waals surface area contributed by atoms with Gasteiger partial charge in [-0.1, -0.05) is 18.2 Å². The summed E-state index contributed by atoms with van der Waals surface area (Å²) in [6.45, 7) is 3.50. The Balaban J connectivity index is 2.85. The smallest absolute Gasteiger partial charge is 0.469 e. The number of aryl methyl sites for hydroxylation is 1. The minimum atomic E-state index is -5.72. The van der Waals surface area contributed by atoms with Gasteiger partial charge in [0, 0.05) is 6.42 Å². The number of methoxy groups -OCH3 is 1. The van der Waals surface area contributed by atoms with Gasteiger partial charge in [0.05, 0.1) is 7.11 Å². The second-order valence-corrected chi connectivity index (χ2v) is 6.74. The molecule has 140 valence electrons. The highest BCUT2D eigenvalue weighted by Gasteiger charge is 2.48. The summed E-state index contributed by atoms with van der Waals surface area (Å²) in [5.41, 5.74) is -4.42. The number of carbonyl (C=O) groups is 1. The molecule has 0 saturated heterocycles. The monoisotopic (exact) mass is 380 g/mol. The SMILES string of the molecule is C=CCc1cc(CCCCC(=O)OC)ccc1OS(=O)(=O)C(F)(F)F. The van der Waals surface area contributed by atoms with Gasteiger partial charge in [-0.25, -0.2) is 0 Å². The van der Waals surface area contributed by atoms with Gasteiger partial charge in [-0.3, -0.25) is 4.79 Å². The molecule has 0 aliphatic carbocycles. The van der Waals surface area contributed by atoms with Crippen molar-refractivity contribution in [1.29, 1.82) is 0 Å². The highest BCUT2D eigenvalue weighted by Crippen LogP contribution is 2.30. The Morgan fingerprint density at radius 2 is 1.96 bits per heavy atom. The van der Waals surface area contributed by atoms with Crippen molar-refractivity contribution in [3.63, 3.8) is 0 Å². The standard InChI is InChI=1S/C16H19F3O5S/c1-3-6-13-11-12(7-4-5-8-15(20)23-2)9-10-14(13)24-25(21,22)16(17,18)19/h3,9-11H,1,4-8H2,2H3. The first kappa shape index (κ1) is 21.0. The Kier molecular flexibility index (Phi) is 7.47. The summed E-state index contributed by atoms with van der Waals surface area (Å²) >= 11 is 0. The van der Waals surface area contributed by atoms with Crippen LogP contribution in [0.2, 0.25) is 0 Å². The van der Waals surface area contributed by atoms with Gasteiger partial charge in [-0.15, -0.1) is 6.58 Å². The third kappa shape index (κ3) is 6.41. The van der Waals surface area contributed by atoms with E-state index in [2.05, 4.69) is 15.5 Å². The molecule has 1 aromatic carbocycles. The zero-order valence-corrected chi connectivity index (χ0v) is 14.5. The lowest BCUT2D eigenvalue weighted by Gasteiger charge is -2.13. The van der Waals surface area contributed by atoms with Crippen molar-refractivity contribution in [2.45, 2.75) is 37.6 Å². The van der Waals surface area contributed by atoms with E-state index in [1.54, 1.807) is 6.07 Å². The number of benzene rings is 1. The molecule has 0 aliphatic heterocycles. The predicted octanol–water partition coefficient (Wildman–Crippen LogP) is 3.53. The number of alkyl halides is 3. The molecule has 0 radical (unpaired) electrons. The minimum absolute atomic E-state index is 0.151. The highest BCUT2D eigenvalue weighted by molar-refractivity contribution is 7.88. The largest absolute Gasteiger partial charge is 0.534 e. The van der Waals surface area contributed by atoms with E-state index < -0.39 is 15.6 Å². The van der Waals surface area contributed by atoms with Crippen LogP contribution in [0.25, 0.3) is 0 Å². The quantitative estimate of drug-likeness (QED) is 0.216. The molecule has 0 saturated carbocycles. The average molecular weight is 380 g/mol. The fourth-order valence-electron chi connectivity index (χ4n) is 2.05. The Labute approximate surface area is 144 Å². The van der Waals surface area contributed by atoms with Crippen molar-refractivity contribution in [2.75, 3.05) is 7.11 Å². The molecule has 0 N–H and O–H groups in total. The van der Waals surface area contributed by atoms with Gasteiger partial charge in [0.25, 0.3) is 0 Å². The van der Waals surface area contributed by atoms with Crippen LogP contribution in [0.5, 0.6) is 5.75 Å². The first-order valence-electron chi connectivity index (χ1n) is 7.41. The summed E-state index contributed by atoms with van der Waals surface area (Å²) in [6.07, 6.45) is 3.71. The number of esters is 1. The molecule has 1 rings (SSSR count). The van der Waals surface area contributed by atoms with Gasteiger partial charge >= 0.3 is 21.6 Å². The van der Waals surface area contributed by atoms with Crippen LogP contribution in [0.4, 0.5) is 13.2 Å². The van der Waals surface area contributed by atoms with Crippen LogP contribution in [0, 0.1) is 0 Å². The molecular formula is C16H19F3O5S. The van der Waals surface area contributed by atoms with Crippen molar-refractivity contribution >= 4 is 16.1 Å². The first-order valence-corrected chi connectivity index (χ1v) is 8.82. The van der Waals surface area contributed by atoms with Gasteiger partial charge in [-0.05, 0) is 42.9 Å². The number of unbranched alkanes of at least 4 members (excludes halogenated alkanes) is 1. The minimum Gasteiger partial charge on any atom is -0.469 e. The normalized spacial score (nSPS) is 11.8. The lowest BCUT2D eigenvalue weighted by molar-refractivity contribution is -0.140. The molecule has 0 unspecified atom stereocenters. The molecule has 0 atom stereocenters. The molecule has 1 aromatic rings. The van der Waals surface area contributed by atoms with Crippen molar-refractivity contribution in [2.24, 2.45) is 0 Å². The topological polar surface area (TPSA) is 69.7 Å². The number of rotatable bonds is 9. The van der Waals surface area contributed by atoms with E-state index in [1.165, 1.54) is 25.3 Å². The fourth-order valence-corrected chi connectivity index (χ4v) is 2.54. The molecule has 0 bridgehead atoms. The number of allylic oxidation sites excluding steroid dienone is 1. The molecule has 5 nitrogen and oxygen atoms in total. The Morgan fingerprint density at radius 3 is 2.52 bits per heavy atom. The Bertz CT molecular complexity index is 711. The van der Waals surface area contributed by atoms with E-state index in [1.807, 2.05) is 0 Å². The van der Waals surface area contributed by atoms with E-state index in [-0.39, 0.29) is 30.1 Å². The van der Waals surface area contributed by atoms with Crippen LogP contribution in [0.1, 0.15) is 30.4 Å². The third-order valence-corrected chi connectivity index (χ3v) is 4.26. The van der Waals surface area contributed by atoms with Crippen molar-refractivity contribution in [1.82, 2.24) is 0 Å². The third-order valence-electron chi connectivity index (χ3n) is 3.30. The molecular weight excluding hydrogens is 361 g/mol. The Morgan fingerprint density at radius 1 is 1.28 bits per heavy atom. The maximum absolute atomic E-state index is 12.4. The number of hydrogen-bond acceptors (Lipinski definition) is 5. The number of carbonyl (C=O) groups excluding carboxylic acids is 1. The van der Waals surface area contributed by atoms with E-state index in [9.17, 15) is 26.4 Å². The zero-order valence-electron chi connectivity index (χ0n) is 13.6. The highest BCUT2D eigenvalue weighted by atomic mass is 32.2. The summed E-state index contributed by atoms with van der Waals surface area (Å²) in [4.78, 5) is 11.0. The summed E-state index contributed by atoms with van der Waals surface area (Å²) in [5, 5.41) is 0. The number of halogens is 3. The molecule has 0 heterocycles. The van der Waals surface area contributed by atoms with Gasteiger partial charge in [0.15, 0.2) is 0 Å². The van der Waals surface area contributed by atoms with E-state index in [4.69, 9.17) is 0 Å². The fraction of sp³-hybridized carbons (Fsp3) is 0.438. The van der Waals surface area contributed by atoms with Crippen LogP contribution in [0.3, 0.4) is 0 Å². The molecule has 25 heavy (non-hydrogen) atoms. The van der Waals surface area contributed by atoms with E-state index >= 15 is 0 Å². The molecule has 9 heteroatoms. The number of ether oxygens (including phenoxy) is 1. The van der Waals surface area contributed by atoms with E-state index in [0.717, 1.165) is 5.56 Å². The summed E-state index contributed by atoms with van der Waals surface area (Å²) in [6, 6.07) is 4.25. The molecule has 0 amide bonds. The second kappa shape index (κ2) is 8.89. The van der Waals surface area contributed by atoms with Crippen LogP contribution < -0.4 is 4.18 Å².